The van der Waals surface area contributed by atoms with E-state index in [0.29, 0.717) is 0 Å². The first-order valence-corrected chi connectivity index (χ1v) is 7.94. The second-order valence-corrected chi connectivity index (χ2v) is 5.55. The molecule has 0 aliphatic heterocycles. The van der Waals surface area contributed by atoms with Crippen molar-refractivity contribution in [2.45, 2.75) is 0 Å². The smallest absolute Gasteiger partial charge is 0.0708 e. The van der Waals surface area contributed by atoms with E-state index in [1.54, 1.807) is 6.20 Å². The third-order valence-corrected chi connectivity index (χ3v) is 4.06. The lowest BCUT2D eigenvalue weighted by molar-refractivity contribution is 1.32. The molecule has 2 aromatic heterocycles. The standard InChI is InChI=1S/C22H16N2/c1-2-10-19(18(9-1)17-8-7-14-23-16-17)20-11-3-4-12-21(20)22-13-5-6-15-24-22/h1-16H. The molecule has 2 heteroatoms. The molecule has 2 aromatic carbocycles. The quantitative estimate of drug-likeness (QED) is 0.501. The summed E-state index contributed by atoms with van der Waals surface area (Å²) < 4.78 is 0. The molecule has 0 aliphatic rings. The Morgan fingerprint density at radius 3 is 1.83 bits per heavy atom. The van der Waals surface area contributed by atoms with E-state index in [1.807, 2.05) is 36.7 Å². The van der Waals surface area contributed by atoms with Crippen LogP contribution in [-0.4, -0.2) is 9.97 Å². The van der Waals surface area contributed by atoms with Gasteiger partial charge in [0.2, 0.25) is 0 Å². The lowest BCUT2D eigenvalue weighted by atomic mass is 9.91. The van der Waals surface area contributed by atoms with Crippen molar-refractivity contribution < 1.29 is 0 Å². The van der Waals surface area contributed by atoms with E-state index in [2.05, 4.69) is 64.6 Å². The van der Waals surface area contributed by atoms with E-state index in [0.717, 1.165) is 16.8 Å². The summed E-state index contributed by atoms with van der Waals surface area (Å²) in [5, 5.41) is 0. The first-order valence-electron chi connectivity index (χ1n) is 7.94. The molecule has 0 fully saturated rings. The van der Waals surface area contributed by atoms with Gasteiger partial charge in [0.05, 0.1) is 5.69 Å². The van der Waals surface area contributed by atoms with Crippen LogP contribution in [-0.2, 0) is 0 Å². The average molecular weight is 308 g/mol. The van der Waals surface area contributed by atoms with Gasteiger partial charge >= 0.3 is 0 Å². The van der Waals surface area contributed by atoms with Crippen molar-refractivity contribution in [1.29, 1.82) is 0 Å². The van der Waals surface area contributed by atoms with Crippen LogP contribution in [0.25, 0.3) is 33.5 Å². The van der Waals surface area contributed by atoms with Gasteiger partial charge in [0.25, 0.3) is 0 Å². The van der Waals surface area contributed by atoms with Crippen LogP contribution in [0.4, 0.5) is 0 Å². The van der Waals surface area contributed by atoms with Crippen molar-refractivity contribution in [3.05, 3.63) is 97.5 Å². The molecule has 0 spiro atoms. The molecular formula is C22H16N2. The van der Waals surface area contributed by atoms with Gasteiger partial charge in [-0.15, -0.1) is 0 Å². The molecule has 0 saturated carbocycles. The zero-order chi connectivity index (χ0) is 16.2. The molecule has 0 amide bonds. The second-order valence-electron chi connectivity index (χ2n) is 5.55. The zero-order valence-corrected chi connectivity index (χ0v) is 13.1. The highest BCUT2D eigenvalue weighted by Crippen LogP contribution is 2.36. The highest BCUT2D eigenvalue weighted by atomic mass is 14.7. The van der Waals surface area contributed by atoms with Gasteiger partial charge in [0.15, 0.2) is 0 Å². The molecule has 2 heterocycles. The SMILES string of the molecule is c1ccc(-c2ccccc2-c2ccccc2-c2cccnc2)nc1. The molecule has 0 unspecified atom stereocenters. The third kappa shape index (κ3) is 2.70. The number of rotatable bonds is 3. The van der Waals surface area contributed by atoms with Crippen LogP contribution >= 0.6 is 0 Å². The first-order chi connectivity index (χ1) is 11.9. The van der Waals surface area contributed by atoms with Gasteiger partial charge in [0, 0.05) is 29.7 Å². The predicted molar refractivity (Wildman–Crippen MR) is 98.3 cm³/mol. The largest absolute Gasteiger partial charge is 0.264 e. The van der Waals surface area contributed by atoms with Crippen molar-refractivity contribution in [3.8, 4) is 33.5 Å². The molecule has 114 valence electrons. The molecule has 4 aromatic rings. The summed E-state index contributed by atoms with van der Waals surface area (Å²) >= 11 is 0. The topological polar surface area (TPSA) is 25.8 Å². The van der Waals surface area contributed by atoms with Crippen LogP contribution in [0.5, 0.6) is 0 Å². The predicted octanol–water partition coefficient (Wildman–Crippen LogP) is 5.48. The normalized spacial score (nSPS) is 10.5. The van der Waals surface area contributed by atoms with Gasteiger partial charge in [-0.1, -0.05) is 60.7 Å². The van der Waals surface area contributed by atoms with Crippen molar-refractivity contribution in [3.63, 3.8) is 0 Å². The molecular weight excluding hydrogens is 292 g/mol. The maximum Gasteiger partial charge on any atom is 0.0708 e. The third-order valence-electron chi connectivity index (χ3n) is 4.06. The number of hydrogen-bond acceptors (Lipinski definition) is 2. The number of aromatic nitrogens is 2. The van der Waals surface area contributed by atoms with Crippen LogP contribution in [0.3, 0.4) is 0 Å². The van der Waals surface area contributed by atoms with E-state index in [4.69, 9.17) is 0 Å². The second kappa shape index (κ2) is 6.47. The Labute approximate surface area is 141 Å². The summed E-state index contributed by atoms with van der Waals surface area (Å²) in [4.78, 5) is 8.79. The maximum atomic E-state index is 4.53. The Hall–Kier alpha value is -3.26. The monoisotopic (exact) mass is 308 g/mol. The van der Waals surface area contributed by atoms with Gasteiger partial charge in [-0.05, 0) is 34.9 Å². The van der Waals surface area contributed by atoms with Crippen molar-refractivity contribution in [2.24, 2.45) is 0 Å². The van der Waals surface area contributed by atoms with Crippen LogP contribution in [0.2, 0.25) is 0 Å². The van der Waals surface area contributed by atoms with Crippen LogP contribution in [0.1, 0.15) is 0 Å². The Morgan fingerprint density at radius 2 is 1.17 bits per heavy atom. The lowest BCUT2D eigenvalue weighted by Crippen LogP contribution is -1.90. The van der Waals surface area contributed by atoms with E-state index < -0.39 is 0 Å². The fourth-order valence-corrected chi connectivity index (χ4v) is 2.96. The van der Waals surface area contributed by atoms with E-state index in [-0.39, 0.29) is 0 Å². The molecule has 0 atom stereocenters. The van der Waals surface area contributed by atoms with Gasteiger partial charge in [-0.3, -0.25) is 9.97 Å². The van der Waals surface area contributed by atoms with Gasteiger partial charge in [-0.25, -0.2) is 0 Å². The van der Waals surface area contributed by atoms with Crippen LogP contribution < -0.4 is 0 Å². The van der Waals surface area contributed by atoms with E-state index >= 15 is 0 Å². The summed E-state index contributed by atoms with van der Waals surface area (Å²) in [5.74, 6) is 0. The first kappa shape index (κ1) is 14.3. The lowest BCUT2D eigenvalue weighted by Gasteiger charge is -2.13. The summed E-state index contributed by atoms with van der Waals surface area (Å²) in [6, 6.07) is 26.9. The summed E-state index contributed by atoms with van der Waals surface area (Å²) in [6.07, 6.45) is 5.54. The van der Waals surface area contributed by atoms with Crippen LogP contribution in [0, 0.1) is 0 Å². The molecule has 0 N–H and O–H groups in total. The number of hydrogen-bond donors (Lipinski definition) is 0. The molecule has 0 bridgehead atoms. The maximum absolute atomic E-state index is 4.53. The van der Waals surface area contributed by atoms with Gasteiger partial charge in [-0.2, -0.15) is 0 Å². The van der Waals surface area contributed by atoms with Crippen molar-refractivity contribution >= 4 is 0 Å². The molecule has 24 heavy (non-hydrogen) atoms. The number of nitrogens with zero attached hydrogens (tertiary/aromatic N) is 2. The Morgan fingerprint density at radius 1 is 0.500 bits per heavy atom. The van der Waals surface area contributed by atoms with Crippen LogP contribution in [0.15, 0.2) is 97.5 Å². The fraction of sp³-hybridized carbons (Fsp3) is 0. The van der Waals surface area contributed by atoms with Crippen molar-refractivity contribution in [1.82, 2.24) is 9.97 Å². The molecule has 4 rings (SSSR count). The molecule has 2 nitrogen and oxygen atoms in total. The van der Waals surface area contributed by atoms with Gasteiger partial charge in [0.1, 0.15) is 0 Å². The molecule has 0 radical (unpaired) electrons. The zero-order valence-electron chi connectivity index (χ0n) is 13.1. The Bertz CT molecular complexity index is 867. The average Bonchev–Trinajstić information content (AvgIpc) is 2.69. The highest BCUT2D eigenvalue weighted by Gasteiger charge is 2.12. The minimum atomic E-state index is 0.981. The van der Waals surface area contributed by atoms with Crippen molar-refractivity contribution in [2.75, 3.05) is 0 Å². The molecule has 0 saturated heterocycles. The molecule has 0 aliphatic carbocycles. The van der Waals surface area contributed by atoms with E-state index in [9.17, 15) is 0 Å². The number of pyridine rings is 2. The summed E-state index contributed by atoms with van der Waals surface area (Å²) in [6.45, 7) is 0. The summed E-state index contributed by atoms with van der Waals surface area (Å²) in [5.41, 5.74) is 6.77. The Kier molecular flexibility index (Phi) is 3.86. The van der Waals surface area contributed by atoms with E-state index in [1.165, 1.54) is 16.7 Å². The minimum absolute atomic E-state index is 0.981. The Balaban J connectivity index is 1.93. The fourth-order valence-electron chi connectivity index (χ4n) is 2.96. The minimum Gasteiger partial charge on any atom is -0.264 e. The van der Waals surface area contributed by atoms with Gasteiger partial charge < -0.3 is 0 Å². The number of benzene rings is 2. The summed E-state index contributed by atoms with van der Waals surface area (Å²) in [7, 11) is 0. The highest BCUT2D eigenvalue weighted by molar-refractivity contribution is 5.90.